The summed E-state index contributed by atoms with van der Waals surface area (Å²) in [5.74, 6) is 0. The molecule has 0 aliphatic heterocycles. The highest BCUT2D eigenvalue weighted by Crippen LogP contribution is 2.22. The van der Waals surface area contributed by atoms with Gasteiger partial charge in [-0.25, -0.2) is 0 Å². The lowest BCUT2D eigenvalue weighted by molar-refractivity contribution is 0.607. The Morgan fingerprint density at radius 2 is 2.17 bits per heavy atom. The number of hydrogen-bond donors (Lipinski definition) is 1. The molecule has 0 aromatic carbocycles. The van der Waals surface area contributed by atoms with Crippen LogP contribution in [-0.4, -0.2) is 6.54 Å². The summed E-state index contributed by atoms with van der Waals surface area (Å²) in [6.07, 6.45) is 1.16. The Morgan fingerprint density at radius 3 is 2.67 bits per heavy atom. The first-order chi connectivity index (χ1) is 5.77. The van der Waals surface area contributed by atoms with E-state index in [9.17, 15) is 0 Å². The van der Waals surface area contributed by atoms with E-state index in [2.05, 4.69) is 38.2 Å². The standard InChI is InChI=1S/C10H17NS/c1-4-9-6-7-10(12-9)8(3)11-5-2/h6-8,11H,4-5H2,1-3H3. The number of aryl methyl sites for hydroxylation is 1. The second-order valence-electron chi connectivity index (χ2n) is 2.94. The van der Waals surface area contributed by atoms with Crippen LogP contribution in [0.15, 0.2) is 12.1 Å². The quantitative estimate of drug-likeness (QED) is 0.756. The Bertz CT molecular complexity index is 229. The van der Waals surface area contributed by atoms with Crippen LogP contribution in [0, 0.1) is 0 Å². The monoisotopic (exact) mass is 183 g/mol. The maximum absolute atomic E-state index is 3.41. The van der Waals surface area contributed by atoms with Gasteiger partial charge in [0.1, 0.15) is 0 Å². The van der Waals surface area contributed by atoms with Gasteiger partial charge in [-0.3, -0.25) is 0 Å². The van der Waals surface area contributed by atoms with Crippen molar-refractivity contribution in [1.82, 2.24) is 5.32 Å². The molecule has 0 saturated carbocycles. The van der Waals surface area contributed by atoms with Crippen LogP contribution in [0.3, 0.4) is 0 Å². The Hall–Kier alpha value is -0.340. The van der Waals surface area contributed by atoms with Crippen molar-refractivity contribution in [3.63, 3.8) is 0 Å². The normalized spacial score (nSPS) is 13.2. The van der Waals surface area contributed by atoms with Gasteiger partial charge in [0.05, 0.1) is 0 Å². The van der Waals surface area contributed by atoms with E-state index in [0.29, 0.717) is 6.04 Å². The maximum atomic E-state index is 3.41. The van der Waals surface area contributed by atoms with Gasteiger partial charge in [-0.2, -0.15) is 0 Å². The van der Waals surface area contributed by atoms with Gasteiger partial charge in [-0.15, -0.1) is 11.3 Å². The fraction of sp³-hybridized carbons (Fsp3) is 0.600. The molecule has 2 heteroatoms. The molecule has 1 rings (SSSR count). The van der Waals surface area contributed by atoms with Crippen LogP contribution in [0.1, 0.15) is 36.6 Å². The van der Waals surface area contributed by atoms with Crippen molar-refractivity contribution in [2.45, 2.75) is 33.2 Å². The molecule has 1 aromatic rings. The lowest BCUT2D eigenvalue weighted by Gasteiger charge is -2.08. The van der Waals surface area contributed by atoms with Gasteiger partial charge in [0.15, 0.2) is 0 Å². The molecule has 0 radical (unpaired) electrons. The molecule has 0 bridgehead atoms. The van der Waals surface area contributed by atoms with E-state index in [0.717, 1.165) is 13.0 Å². The minimum absolute atomic E-state index is 0.514. The second-order valence-corrected chi connectivity index (χ2v) is 4.14. The highest BCUT2D eigenvalue weighted by atomic mass is 32.1. The molecule has 0 aliphatic carbocycles. The largest absolute Gasteiger partial charge is 0.310 e. The Kier molecular flexibility index (Phi) is 3.76. The van der Waals surface area contributed by atoms with Crippen LogP contribution < -0.4 is 5.32 Å². The molecule has 0 saturated heterocycles. The summed E-state index contributed by atoms with van der Waals surface area (Å²) in [6.45, 7) is 7.60. The smallest absolute Gasteiger partial charge is 0.0386 e. The van der Waals surface area contributed by atoms with E-state index < -0.39 is 0 Å². The zero-order chi connectivity index (χ0) is 8.97. The highest BCUT2D eigenvalue weighted by Gasteiger charge is 2.05. The molecule has 0 fully saturated rings. The third-order valence-corrected chi connectivity index (χ3v) is 3.38. The van der Waals surface area contributed by atoms with Crippen molar-refractivity contribution in [2.75, 3.05) is 6.54 Å². The molecule has 1 aromatic heterocycles. The molecule has 0 amide bonds. The Balaban J connectivity index is 2.61. The van der Waals surface area contributed by atoms with E-state index in [-0.39, 0.29) is 0 Å². The van der Waals surface area contributed by atoms with Crippen LogP contribution in [0.5, 0.6) is 0 Å². The molecule has 1 N–H and O–H groups in total. The predicted molar refractivity (Wildman–Crippen MR) is 55.8 cm³/mol. The fourth-order valence-corrected chi connectivity index (χ4v) is 2.20. The summed E-state index contributed by atoms with van der Waals surface area (Å²) in [5, 5.41) is 3.41. The lowest BCUT2D eigenvalue weighted by atomic mass is 10.2. The summed E-state index contributed by atoms with van der Waals surface area (Å²) in [6, 6.07) is 4.98. The second kappa shape index (κ2) is 4.63. The minimum Gasteiger partial charge on any atom is -0.310 e. The topological polar surface area (TPSA) is 12.0 Å². The molecular weight excluding hydrogens is 166 g/mol. The molecule has 1 nitrogen and oxygen atoms in total. The van der Waals surface area contributed by atoms with Crippen molar-refractivity contribution >= 4 is 11.3 Å². The van der Waals surface area contributed by atoms with Crippen LogP contribution in [0.25, 0.3) is 0 Å². The minimum atomic E-state index is 0.514. The van der Waals surface area contributed by atoms with Gasteiger partial charge in [-0.1, -0.05) is 13.8 Å². The van der Waals surface area contributed by atoms with Crippen molar-refractivity contribution in [2.24, 2.45) is 0 Å². The van der Waals surface area contributed by atoms with Crippen LogP contribution >= 0.6 is 11.3 Å². The number of hydrogen-bond acceptors (Lipinski definition) is 2. The van der Waals surface area contributed by atoms with E-state index in [1.165, 1.54) is 9.75 Å². The zero-order valence-corrected chi connectivity index (χ0v) is 8.87. The van der Waals surface area contributed by atoms with E-state index in [1.807, 2.05) is 11.3 Å². The molecule has 0 spiro atoms. The fourth-order valence-electron chi connectivity index (χ4n) is 1.22. The first-order valence-corrected chi connectivity index (χ1v) is 5.41. The summed E-state index contributed by atoms with van der Waals surface area (Å²) < 4.78 is 0. The molecule has 0 aliphatic rings. The predicted octanol–water partition coefficient (Wildman–Crippen LogP) is 2.98. The summed E-state index contributed by atoms with van der Waals surface area (Å²) in [7, 11) is 0. The highest BCUT2D eigenvalue weighted by molar-refractivity contribution is 7.12. The average molecular weight is 183 g/mol. The van der Waals surface area contributed by atoms with Crippen molar-refractivity contribution in [1.29, 1.82) is 0 Å². The molecule has 1 unspecified atom stereocenters. The van der Waals surface area contributed by atoms with Gasteiger partial charge < -0.3 is 5.32 Å². The molecule has 12 heavy (non-hydrogen) atoms. The van der Waals surface area contributed by atoms with Gasteiger partial charge in [0.25, 0.3) is 0 Å². The SMILES string of the molecule is CCNC(C)c1ccc(CC)s1. The number of thiophene rings is 1. The van der Waals surface area contributed by atoms with Crippen molar-refractivity contribution < 1.29 is 0 Å². The Labute approximate surface area is 78.8 Å². The van der Waals surface area contributed by atoms with Gasteiger partial charge in [0.2, 0.25) is 0 Å². The van der Waals surface area contributed by atoms with Crippen molar-refractivity contribution in [3.8, 4) is 0 Å². The number of rotatable bonds is 4. The molecule has 1 atom stereocenters. The summed E-state index contributed by atoms with van der Waals surface area (Å²) in [4.78, 5) is 2.93. The van der Waals surface area contributed by atoms with Gasteiger partial charge in [0, 0.05) is 15.8 Å². The zero-order valence-electron chi connectivity index (χ0n) is 8.05. The van der Waals surface area contributed by atoms with Crippen LogP contribution in [0.2, 0.25) is 0 Å². The third kappa shape index (κ3) is 2.32. The number of nitrogens with one attached hydrogen (secondary N) is 1. The molecule has 68 valence electrons. The van der Waals surface area contributed by atoms with Crippen LogP contribution in [0.4, 0.5) is 0 Å². The maximum Gasteiger partial charge on any atom is 0.0386 e. The van der Waals surface area contributed by atoms with E-state index in [4.69, 9.17) is 0 Å². The third-order valence-electron chi connectivity index (χ3n) is 1.97. The van der Waals surface area contributed by atoms with Gasteiger partial charge >= 0.3 is 0 Å². The lowest BCUT2D eigenvalue weighted by Crippen LogP contribution is -2.16. The molecular formula is C10H17NS. The summed E-state index contributed by atoms with van der Waals surface area (Å²) in [5.41, 5.74) is 0. The first kappa shape index (κ1) is 9.75. The Morgan fingerprint density at radius 1 is 1.42 bits per heavy atom. The van der Waals surface area contributed by atoms with Crippen LogP contribution in [-0.2, 0) is 6.42 Å². The van der Waals surface area contributed by atoms with E-state index >= 15 is 0 Å². The summed E-state index contributed by atoms with van der Waals surface area (Å²) >= 11 is 1.92. The first-order valence-electron chi connectivity index (χ1n) is 4.59. The average Bonchev–Trinajstić information content (AvgIpc) is 2.52. The molecule has 1 heterocycles. The van der Waals surface area contributed by atoms with Crippen molar-refractivity contribution in [3.05, 3.63) is 21.9 Å². The van der Waals surface area contributed by atoms with E-state index in [1.54, 1.807) is 0 Å². The van der Waals surface area contributed by atoms with Gasteiger partial charge in [-0.05, 0) is 32.0 Å².